The Labute approximate surface area is 115 Å². The monoisotopic (exact) mass is 301 g/mol. The zero-order valence-corrected chi connectivity index (χ0v) is 12.3. The molecule has 0 fully saturated rings. The Morgan fingerprint density at radius 2 is 2.26 bits per heavy atom. The fourth-order valence-corrected chi connectivity index (χ4v) is 3.42. The number of anilines is 1. The van der Waals surface area contributed by atoms with Crippen molar-refractivity contribution in [2.24, 2.45) is 0 Å². The summed E-state index contributed by atoms with van der Waals surface area (Å²) in [5.41, 5.74) is 5.62. The Morgan fingerprint density at radius 3 is 2.79 bits per heavy atom. The van der Waals surface area contributed by atoms with Gasteiger partial charge in [-0.2, -0.15) is 5.10 Å². The van der Waals surface area contributed by atoms with E-state index >= 15 is 0 Å². The van der Waals surface area contributed by atoms with Crippen LogP contribution < -0.4 is 10.5 Å². The van der Waals surface area contributed by atoms with Crippen molar-refractivity contribution >= 4 is 27.2 Å². The summed E-state index contributed by atoms with van der Waals surface area (Å²) in [6, 6.07) is 0. The summed E-state index contributed by atoms with van der Waals surface area (Å²) < 4.78 is 28.2. The van der Waals surface area contributed by atoms with Crippen molar-refractivity contribution in [2.75, 3.05) is 5.73 Å². The normalized spacial score (nSPS) is 11.9. The third-order valence-electron chi connectivity index (χ3n) is 2.47. The highest BCUT2D eigenvalue weighted by molar-refractivity contribution is 7.89. The maximum atomic E-state index is 12.1. The van der Waals surface area contributed by atoms with Crippen LogP contribution in [-0.4, -0.2) is 23.2 Å². The molecule has 3 N–H and O–H groups in total. The van der Waals surface area contributed by atoms with Crippen molar-refractivity contribution < 1.29 is 8.42 Å². The second-order valence-corrected chi connectivity index (χ2v) is 6.96. The molecule has 0 aliphatic carbocycles. The van der Waals surface area contributed by atoms with Gasteiger partial charge in [-0.3, -0.25) is 4.68 Å². The molecule has 2 rings (SSSR count). The summed E-state index contributed by atoms with van der Waals surface area (Å²) >= 11 is 1.45. The van der Waals surface area contributed by atoms with Gasteiger partial charge in [0.2, 0.25) is 10.0 Å². The van der Waals surface area contributed by atoms with Gasteiger partial charge in [0, 0.05) is 30.4 Å². The number of hydrogen-bond donors (Lipinski definition) is 2. The third kappa shape index (κ3) is 3.11. The molecule has 2 heterocycles. The molecule has 0 aliphatic rings. The van der Waals surface area contributed by atoms with Crippen LogP contribution in [0.15, 0.2) is 17.3 Å². The van der Waals surface area contributed by atoms with E-state index in [1.54, 1.807) is 6.20 Å². The van der Waals surface area contributed by atoms with Gasteiger partial charge >= 0.3 is 0 Å². The predicted molar refractivity (Wildman–Crippen MR) is 73.2 cm³/mol. The summed E-state index contributed by atoms with van der Waals surface area (Å²) in [7, 11) is -3.65. The van der Waals surface area contributed by atoms with Gasteiger partial charge in [0.05, 0.1) is 5.01 Å². The molecular weight excluding hydrogens is 286 g/mol. The fourth-order valence-electron chi connectivity index (χ4n) is 1.52. The summed E-state index contributed by atoms with van der Waals surface area (Å²) in [5, 5.41) is 4.82. The first kappa shape index (κ1) is 14.0. The molecule has 2 aromatic rings. The van der Waals surface area contributed by atoms with E-state index in [0.29, 0.717) is 6.54 Å². The van der Waals surface area contributed by atoms with Gasteiger partial charge < -0.3 is 5.73 Å². The fraction of sp³-hybridized carbons (Fsp3) is 0.400. The second kappa shape index (κ2) is 5.27. The van der Waals surface area contributed by atoms with Crippen LogP contribution >= 0.6 is 11.3 Å². The Bertz CT molecular complexity index is 674. The van der Waals surface area contributed by atoms with E-state index in [9.17, 15) is 8.42 Å². The molecule has 0 atom stereocenters. The molecule has 0 radical (unpaired) electrons. The molecule has 104 valence electrons. The third-order valence-corrected chi connectivity index (χ3v) is 4.80. The lowest BCUT2D eigenvalue weighted by Crippen LogP contribution is -2.23. The van der Waals surface area contributed by atoms with Gasteiger partial charge in [-0.25, -0.2) is 18.1 Å². The van der Waals surface area contributed by atoms with Crippen molar-refractivity contribution in [2.45, 2.75) is 31.8 Å². The van der Waals surface area contributed by atoms with E-state index in [0.717, 1.165) is 9.88 Å². The standard InChI is InChI=1S/C10H15N5O2S2/c1-3-15-6-9(10(11)14-15)19(16,17)13-5-8-4-12-7(2)18-8/h4,6,13H,3,5H2,1-2H3,(H2,11,14). The SMILES string of the molecule is CCn1cc(S(=O)(=O)NCc2cnc(C)s2)c(N)n1. The smallest absolute Gasteiger partial charge is 0.246 e. The Hall–Kier alpha value is -1.45. The molecule has 0 aromatic carbocycles. The second-order valence-electron chi connectivity index (χ2n) is 3.90. The molecule has 0 saturated carbocycles. The molecule has 9 heteroatoms. The lowest BCUT2D eigenvalue weighted by molar-refractivity contribution is 0.581. The zero-order chi connectivity index (χ0) is 14.0. The Balaban J connectivity index is 2.15. The summed E-state index contributed by atoms with van der Waals surface area (Å²) in [6.45, 7) is 4.49. The number of rotatable bonds is 5. The average molecular weight is 301 g/mol. The van der Waals surface area contributed by atoms with Crippen LogP contribution in [0, 0.1) is 6.92 Å². The summed E-state index contributed by atoms with van der Waals surface area (Å²) in [5.74, 6) is 0.00911. The minimum Gasteiger partial charge on any atom is -0.381 e. The van der Waals surface area contributed by atoms with Crippen molar-refractivity contribution in [1.82, 2.24) is 19.5 Å². The van der Waals surface area contributed by atoms with Crippen molar-refractivity contribution in [3.63, 3.8) is 0 Å². The topological polar surface area (TPSA) is 103 Å². The number of sulfonamides is 1. The van der Waals surface area contributed by atoms with Gasteiger partial charge in [-0.15, -0.1) is 11.3 Å². The number of nitrogens with zero attached hydrogens (tertiary/aromatic N) is 3. The first-order valence-corrected chi connectivity index (χ1v) is 7.96. The summed E-state index contributed by atoms with van der Waals surface area (Å²) in [6.07, 6.45) is 3.08. The number of nitrogens with two attached hydrogens (primary N) is 1. The number of hydrogen-bond acceptors (Lipinski definition) is 6. The maximum Gasteiger partial charge on any atom is 0.246 e. The van der Waals surface area contributed by atoms with Gasteiger partial charge in [-0.1, -0.05) is 0 Å². The Morgan fingerprint density at radius 1 is 1.53 bits per heavy atom. The molecule has 19 heavy (non-hydrogen) atoms. The highest BCUT2D eigenvalue weighted by Crippen LogP contribution is 2.17. The van der Waals surface area contributed by atoms with Crippen molar-refractivity contribution in [3.05, 3.63) is 22.3 Å². The highest BCUT2D eigenvalue weighted by atomic mass is 32.2. The molecule has 0 amide bonds. The molecule has 0 aliphatic heterocycles. The number of nitrogen functional groups attached to an aromatic ring is 1. The van der Waals surface area contributed by atoms with Crippen molar-refractivity contribution in [1.29, 1.82) is 0 Å². The molecule has 0 saturated heterocycles. The van der Waals surface area contributed by atoms with Gasteiger partial charge in [0.25, 0.3) is 0 Å². The number of aryl methyl sites for hydroxylation is 2. The van der Waals surface area contributed by atoms with Crippen LogP contribution in [0.2, 0.25) is 0 Å². The highest BCUT2D eigenvalue weighted by Gasteiger charge is 2.20. The van der Waals surface area contributed by atoms with Gasteiger partial charge in [0.1, 0.15) is 4.90 Å². The first-order valence-electron chi connectivity index (χ1n) is 5.66. The maximum absolute atomic E-state index is 12.1. The zero-order valence-electron chi connectivity index (χ0n) is 10.6. The predicted octanol–water partition coefficient (Wildman–Crippen LogP) is 0.729. The van der Waals surface area contributed by atoms with E-state index in [4.69, 9.17) is 5.73 Å². The largest absolute Gasteiger partial charge is 0.381 e. The first-order chi connectivity index (χ1) is 8.92. The minimum atomic E-state index is -3.65. The number of aromatic nitrogens is 3. The van der Waals surface area contributed by atoms with E-state index < -0.39 is 10.0 Å². The van der Waals surface area contributed by atoms with Crippen molar-refractivity contribution in [3.8, 4) is 0 Å². The van der Waals surface area contributed by atoms with Crippen LogP contribution in [-0.2, 0) is 23.1 Å². The van der Waals surface area contributed by atoms with Gasteiger partial charge in [0.15, 0.2) is 5.82 Å². The lowest BCUT2D eigenvalue weighted by Gasteiger charge is -2.03. The molecule has 0 bridgehead atoms. The lowest BCUT2D eigenvalue weighted by atomic mass is 10.6. The molecule has 0 unspecified atom stereocenters. The van der Waals surface area contributed by atoms with Crippen LogP contribution in [0.25, 0.3) is 0 Å². The molecule has 0 spiro atoms. The van der Waals surface area contributed by atoms with E-state index in [1.807, 2.05) is 13.8 Å². The van der Waals surface area contributed by atoms with E-state index in [1.165, 1.54) is 22.2 Å². The molecule has 2 aromatic heterocycles. The number of nitrogens with one attached hydrogen (secondary N) is 1. The average Bonchev–Trinajstić information content (AvgIpc) is 2.93. The molecular formula is C10H15N5O2S2. The minimum absolute atomic E-state index is 0.00911. The molecule has 7 nitrogen and oxygen atoms in total. The quantitative estimate of drug-likeness (QED) is 0.847. The van der Waals surface area contributed by atoms with E-state index in [2.05, 4.69) is 14.8 Å². The van der Waals surface area contributed by atoms with Gasteiger partial charge in [-0.05, 0) is 13.8 Å². The Kier molecular flexibility index (Phi) is 3.88. The summed E-state index contributed by atoms with van der Waals surface area (Å²) in [4.78, 5) is 4.93. The number of thiazole rings is 1. The van der Waals surface area contributed by atoms with Crippen LogP contribution in [0.5, 0.6) is 0 Å². The van der Waals surface area contributed by atoms with Crippen LogP contribution in [0.4, 0.5) is 5.82 Å². The van der Waals surface area contributed by atoms with Crippen LogP contribution in [0.1, 0.15) is 16.8 Å². The van der Waals surface area contributed by atoms with Crippen LogP contribution in [0.3, 0.4) is 0 Å². The van der Waals surface area contributed by atoms with E-state index in [-0.39, 0.29) is 17.3 Å².